The van der Waals surface area contributed by atoms with Crippen LogP contribution >= 0.6 is 11.3 Å². The number of nitrogens with one attached hydrogen (secondary N) is 1. The highest BCUT2D eigenvalue weighted by Crippen LogP contribution is 2.34. The van der Waals surface area contributed by atoms with Crippen molar-refractivity contribution in [1.29, 1.82) is 0 Å². The first-order chi connectivity index (χ1) is 10.0. The van der Waals surface area contributed by atoms with Gasteiger partial charge in [0.1, 0.15) is 0 Å². The molecule has 2 unspecified atom stereocenters. The molecule has 21 heavy (non-hydrogen) atoms. The second-order valence-electron chi connectivity index (χ2n) is 6.24. The minimum Gasteiger partial charge on any atom is -0.380 e. The minimum absolute atomic E-state index is 0.359. The van der Waals surface area contributed by atoms with Crippen LogP contribution in [0.3, 0.4) is 0 Å². The van der Waals surface area contributed by atoms with Gasteiger partial charge in [0.25, 0.3) is 0 Å². The van der Waals surface area contributed by atoms with Crippen LogP contribution in [0.2, 0.25) is 0 Å². The molecule has 1 saturated heterocycles. The lowest BCUT2D eigenvalue weighted by Crippen LogP contribution is -2.22. The van der Waals surface area contributed by atoms with Crippen molar-refractivity contribution in [3.05, 3.63) is 10.6 Å². The molecule has 0 radical (unpaired) electrons. The fourth-order valence-electron chi connectivity index (χ4n) is 2.58. The van der Waals surface area contributed by atoms with E-state index in [0.717, 1.165) is 32.5 Å². The molecule has 1 aromatic heterocycles. The highest BCUT2D eigenvalue weighted by molar-refractivity contribution is 7.15. The second kappa shape index (κ2) is 7.56. The van der Waals surface area contributed by atoms with E-state index in [1.54, 1.807) is 7.11 Å². The summed E-state index contributed by atoms with van der Waals surface area (Å²) in [5, 5.41) is 4.70. The van der Waals surface area contributed by atoms with Gasteiger partial charge in [-0.3, -0.25) is 0 Å². The summed E-state index contributed by atoms with van der Waals surface area (Å²) < 4.78 is 5.47. The number of hydrogen-bond donors (Lipinski definition) is 1. The van der Waals surface area contributed by atoms with Crippen molar-refractivity contribution >= 4 is 16.5 Å². The van der Waals surface area contributed by atoms with Crippen LogP contribution in [0.4, 0.5) is 5.13 Å². The topological polar surface area (TPSA) is 37.4 Å². The molecule has 5 heteroatoms. The third-order valence-corrected chi connectivity index (χ3v) is 5.35. The molecule has 0 amide bonds. The smallest absolute Gasteiger partial charge is 0.185 e. The summed E-state index contributed by atoms with van der Waals surface area (Å²) in [6.07, 6.45) is 2.60. The molecule has 0 aromatic carbocycles. The van der Waals surface area contributed by atoms with Crippen molar-refractivity contribution in [2.45, 2.75) is 65.1 Å². The predicted molar refractivity (Wildman–Crippen MR) is 90.4 cm³/mol. The van der Waals surface area contributed by atoms with Crippen LogP contribution in [0.5, 0.6) is 0 Å². The van der Waals surface area contributed by atoms with Gasteiger partial charge in [0.05, 0.1) is 11.8 Å². The fourth-order valence-corrected chi connectivity index (χ4v) is 3.75. The number of nitrogens with zero attached hydrogens (tertiary/aromatic N) is 2. The maximum absolute atomic E-state index is 5.47. The molecule has 0 spiro atoms. The number of thiazole rings is 1. The van der Waals surface area contributed by atoms with Crippen molar-refractivity contribution in [2.24, 2.45) is 0 Å². The molecular weight excluding hydrogens is 282 g/mol. The van der Waals surface area contributed by atoms with Crippen molar-refractivity contribution in [3.8, 4) is 0 Å². The number of aromatic nitrogens is 1. The van der Waals surface area contributed by atoms with Crippen LogP contribution in [0, 0.1) is 0 Å². The van der Waals surface area contributed by atoms with E-state index in [0.29, 0.717) is 18.1 Å². The maximum atomic E-state index is 5.47. The van der Waals surface area contributed by atoms with Gasteiger partial charge in [-0.15, -0.1) is 11.3 Å². The Morgan fingerprint density at radius 2 is 2.19 bits per heavy atom. The molecular formula is C16H29N3OS. The Morgan fingerprint density at radius 3 is 2.76 bits per heavy atom. The Labute approximate surface area is 132 Å². The third kappa shape index (κ3) is 4.18. The van der Waals surface area contributed by atoms with E-state index in [4.69, 9.17) is 9.72 Å². The summed E-state index contributed by atoms with van der Waals surface area (Å²) in [7, 11) is 1.80. The first kappa shape index (κ1) is 16.7. The summed E-state index contributed by atoms with van der Waals surface area (Å²) in [6.45, 7) is 11.9. The molecule has 120 valence electrons. The molecule has 1 aliphatic heterocycles. The molecule has 0 aliphatic carbocycles. The Kier molecular flexibility index (Phi) is 6.02. The predicted octanol–water partition coefficient (Wildman–Crippen LogP) is 3.38. The van der Waals surface area contributed by atoms with E-state index in [1.165, 1.54) is 15.7 Å². The average molecular weight is 311 g/mol. The zero-order valence-corrected chi connectivity index (χ0v) is 14.8. The van der Waals surface area contributed by atoms with E-state index < -0.39 is 0 Å². The normalized spacial score (nSPS) is 20.5. The lowest BCUT2D eigenvalue weighted by atomic mass is 10.0. The number of rotatable bonds is 7. The second-order valence-corrected chi connectivity index (χ2v) is 7.30. The van der Waals surface area contributed by atoms with E-state index in [9.17, 15) is 0 Å². The standard InChI is InChI=1S/C16H29N3OS/c1-6-12(4)15-14(9-17-11(2)3)21-16(18-15)19-8-7-13(10-19)20-5/h11-13,17H,6-10H2,1-5H3. The first-order valence-electron chi connectivity index (χ1n) is 8.05. The molecule has 1 N–H and O–H groups in total. The molecule has 0 saturated carbocycles. The molecule has 1 fully saturated rings. The Morgan fingerprint density at radius 1 is 1.43 bits per heavy atom. The average Bonchev–Trinajstić information content (AvgIpc) is 3.10. The summed E-state index contributed by atoms with van der Waals surface area (Å²) >= 11 is 1.85. The van der Waals surface area contributed by atoms with E-state index in [1.807, 2.05) is 11.3 Å². The minimum atomic E-state index is 0.359. The van der Waals surface area contributed by atoms with Crippen molar-refractivity contribution < 1.29 is 4.74 Å². The summed E-state index contributed by atoms with van der Waals surface area (Å²) in [5.74, 6) is 0.528. The van der Waals surface area contributed by atoms with Crippen molar-refractivity contribution in [2.75, 3.05) is 25.1 Å². The Bertz CT molecular complexity index is 447. The third-order valence-electron chi connectivity index (χ3n) is 4.22. The van der Waals surface area contributed by atoms with E-state index >= 15 is 0 Å². The molecule has 1 aromatic rings. The van der Waals surface area contributed by atoms with Gasteiger partial charge < -0.3 is 15.0 Å². The van der Waals surface area contributed by atoms with Gasteiger partial charge in [-0.2, -0.15) is 0 Å². The van der Waals surface area contributed by atoms with Gasteiger partial charge in [0, 0.05) is 37.7 Å². The molecule has 2 atom stereocenters. The van der Waals surface area contributed by atoms with Crippen molar-refractivity contribution in [3.63, 3.8) is 0 Å². The first-order valence-corrected chi connectivity index (χ1v) is 8.87. The lowest BCUT2D eigenvalue weighted by Gasteiger charge is -2.14. The zero-order valence-electron chi connectivity index (χ0n) is 14.0. The quantitative estimate of drug-likeness (QED) is 0.837. The molecule has 2 heterocycles. The number of ether oxygens (including phenoxy) is 1. The summed E-state index contributed by atoms with van der Waals surface area (Å²) in [6, 6.07) is 0.505. The van der Waals surface area contributed by atoms with Crippen LogP contribution in [0.1, 0.15) is 57.0 Å². The van der Waals surface area contributed by atoms with Gasteiger partial charge >= 0.3 is 0 Å². The summed E-state index contributed by atoms with van der Waals surface area (Å²) in [5.41, 5.74) is 1.28. The van der Waals surface area contributed by atoms with E-state index in [-0.39, 0.29) is 0 Å². The van der Waals surface area contributed by atoms with Gasteiger partial charge in [-0.25, -0.2) is 4.98 Å². The summed E-state index contributed by atoms with van der Waals surface area (Å²) in [4.78, 5) is 8.73. The fraction of sp³-hybridized carbons (Fsp3) is 0.812. The highest BCUT2D eigenvalue weighted by atomic mass is 32.1. The maximum Gasteiger partial charge on any atom is 0.185 e. The highest BCUT2D eigenvalue weighted by Gasteiger charge is 2.26. The molecule has 1 aliphatic rings. The largest absolute Gasteiger partial charge is 0.380 e. The van der Waals surface area contributed by atoms with Crippen LogP contribution in [0.15, 0.2) is 0 Å². The molecule has 0 bridgehead atoms. The SMILES string of the molecule is CCC(C)c1nc(N2CCC(OC)C2)sc1CNC(C)C. The number of anilines is 1. The van der Waals surface area contributed by atoms with Crippen LogP contribution in [0.25, 0.3) is 0 Å². The number of hydrogen-bond acceptors (Lipinski definition) is 5. The molecule has 2 rings (SSSR count). The zero-order chi connectivity index (χ0) is 15.4. The van der Waals surface area contributed by atoms with Crippen molar-refractivity contribution in [1.82, 2.24) is 10.3 Å². The van der Waals surface area contributed by atoms with Gasteiger partial charge in [-0.1, -0.05) is 27.7 Å². The van der Waals surface area contributed by atoms with Gasteiger partial charge in [0.15, 0.2) is 5.13 Å². The lowest BCUT2D eigenvalue weighted by molar-refractivity contribution is 0.121. The van der Waals surface area contributed by atoms with Crippen LogP contribution < -0.4 is 10.2 Å². The van der Waals surface area contributed by atoms with Gasteiger partial charge in [-0.05, 0) is 18.8 Å². The van der Waals surface area contributed by atoms with E-state index in [2.05, 4.69) is 37.9 Å². The van der Waals surface area contributed by atoms with Crippen LogP contribution in [-0.4, -0.2) is 37.3 Å². The monoisotopic (exact) mass is 311 g/mol. The van der Waals surface area contributed by atoms with Gasteiger partial charge in [0.2, 0.25) is 0 Å². The Balaban J connectivity index is 2.15. The Hall–Kier alpha value is -0.650. The number of methoxy groups -OCH3 is 1. The van der Waals surface area contributed by atoms with Crippen LogP contribution in [-0.2, 0) is 11.3 Å². The molecule has 4 nitrogen and oxygen atoms in total.